The molecule has 0 saturated heterocycles. The van der Waals surface area contributed by atoms with Crippen molar-refractivity contribution >= 4 is 16.9 Å². The summed E-state index contributed by atoms with van der Waals surface area (Å²) in [5.74, 6) is -0.870. The second kappa shape index (κ2) is 15.1. The smallest absolute Gasteiger partial charge is 0.335 e. The number of unbranched alkanes of at least 4 members (excludes halogenated alkanes) is 15. The van der Waals surface area contributed by atoms with E-state index in [1.165, 1.54) is 114 Å². The van der Waals surface area contributed by atoms with Gasteiger partial charge in [-0.1, -0.05) is 109 Å². The van der Waals surface area contributed by atoms with E-state index in [1.807, 2.05) is 12.3 Å². The van der Waals surface area contributed by atoms with Crippen LogP contribution in [0.25, 0.3) is 10.9 Å². The van der Waals surface area contributed by atoms with Gasteiger partial charge < -0.3 is 10.1 Å². The van der Waals surface area contributed by atoms with Gasteiger partial charge in [0.1, 0.15) is 0 Å². The number of carboxylic acids is 1. The maximum atomic E-state index is 11.1. The van der Waals surface area contributed by atoms with Crippen molar-refractivity contribution in [2.45, 2.75) is 116 Å². The fourth-order valence-corrected chi connectivity index (χ4v) is 4.39. The molecule has 0 fully saturated rings. The van der Waals surface area contributed by atoms with Gasteiger partial charge in [-0.15, -0.1) is 0 Å². The van der Waals surface area contributed by atoms with E-state index in [0.29, 0.717) is 5.56 Å². The summed E-state index contributed by atoms with van der Waals surface area (Å²) >= 11 is 0. The third kappa shape index (κ3) is 9.36. The predicted molar refractivity (Wildman–Crippen MR) is 129 cm³/mol. The largest absolute Gasteiger partial charge is 0.478 e. The molecule has 0 bridgehead atoms. The summed E-state index contributed by atoms with van der Waals surface area (Å²) in [6.45, 7) is 2.28. The zero-order valence-corrected chi connectivity index (χ0v) is 19.2. The van der Waals surface area contributed by atoms with Crippen LogP contribution in [0.4, 0.5) is 0 Å². The molecule has 1 aromatic heterocycles. The molecule has 0 aliphatic rings. The predicted octanol–water partition coefficient (Wildman–Crippen LogP) is 8.67. The van der Waals surface area contributed by atoms with Gasteiger partial charge in [0.2, 0.25) is 0 Å². The Morgan fingerprint density at radius 1 is 0.767 bits per heavy atom. The van der Waals surface area contributed by atoms with E-state index >= 15 is 0 Å². The second-order valence-electron chi connectivity index (χ2n) is 8.93. The zero-order chi connectivity index (χ0) is 21.4. The van der Waals surface area contributed by atoms with E-state index in [9.17, 15) is 4.79 Å². The first-order valence-electron chi connectivity index (χ1n) is 12.6. The summed E-state index contributed by atoms with van der Waals surface area (Å²) in [6, 6.07) is 5.38. The van der Waals surface area contributed by atoms with Crippen LogP contribution in [0.2, 0.25) is 0 Å². The van der Waals surface area contributed by atoms with Gasteiger partial charge in [-0.2, -0.15) is 0 Å². The molecular formula is C27H43NO2. The first kappa shape index (κ1) is 24.5. The Kier molecular flexibility index (Phi) is 12.3. The Morgan fingerprint density at radius 2 is 1.27 bits per heavy atom. The molecule has 0 aliphatic carbocycles. The lowest BCUT2D eigenvalue weighted by Crippen LogP contribution is -1.95. The topological polar surface area (TPSA) is 53.1 Å². The van der Waals surface area contributed by atoms with Gasteiger partial charge in [-0.05, 0) is 30.5 Å². The fourth-order valence-electron chi connectivity index (χ4n) is 4.39. The van der Waals surface area contributed by atoms with Crippen molar-refractivity contribution < 1.29 is 9.90 Å². The van der Waals surface area contributed by atoms with Crippen LogP contribution in [-0.4, -0.2) is 16.1 Å². The van der Waals surface area contributed by atoms with Crippen LogP contribution in [0.1, 0.15) is 126 Å². The van der Waals surface area contributed by atoms with Crippen molar-refractivity contribution in [2.75, 3.05) is 0 Å². The van der Waals surface area contributed by atoms with E-state index in [0.717, 1.165) is 11.9 Å². The third-order valence-electron chi connectivity index (χ3n) is 6.31. The van der Waals surface area contributed by atoms with Gasteiger partial charge in [-0.25, -0.2) is 4.79 Å². The number of hydrogen-bond donors (Lipinski definition) is 2. The molecule has 0 unspecified atom stereocenters. The molecule has 2 aromatic rings. The molecule has 3 heteroatoms. The molecule has 0 amide bonds. The Morgan fingerprint density at radius 3 is 1.77 bits per heavy atom. The van der Waals surface area contributed by atoms with Gasteiger partial charge in [0.15, 0.2) is 0 Å². The first-order chi connectivity index (χ1) is 14.7. The molecule has 1 heterocycles. The number of carboxylic acid groups (broad SMARTS) is 1. The summed E-state index contributed by atoms with van der Waals surface area (Å²) in [6.07, 6.45) is 25.4. The number of aromatic nitrogens is 1. The van der Waals surface area contributed by atoms with Gasteiger partial charge in [0, 0.05) is 17.1 Å². The highest BCUT2D eigenvalue weighted by Crippen LogP contribution is 2.22. The molecule has 0 atom stereocenters. The molecule has 168 valence electrons. The number of aryl methyl sites for hydroxylation is 1. The zero-order valence-electron chi connectivity index (χ0n) is 19.2. The quantitative estimate of drug-likeness (QED) is 0.240. The highest BCUT2D eigenvalue weighted by atomic mass is 16.4. The Balaban J connectivity index is 1.42. The lowest BCUT2D eigenvalue weighted by molar-refractivity contribution is 0.0697. The molecule has 1 aromatic carbocycles. The minimum atomic E-state index is -0.870. The number of aromatic amines is 1. The minimum Gasteiger partial charge on any atom is -0.478 e. The molecule has 0 aliphatic heterocycles. The number of benzene rings is 1. The Bertz CT molecular complexity index is 719. The van der Waals surface area contributed by atoms with Crippen molar-refractivity contribution in [1.82, 2.24) is 4.98 Å². The van der Waals surface area contributed by atoms with E-state index < -0.39 is 5.97 Å². The van der Waals surface area contributed by atoms with Crippen LogP contribution < -0.4 is 0 Å². The van der Waals surface area contributed by atoms with Crippen molar-refractivity contribution in [3.63, 3.8) is 0 Å². The van der Waals surface area contributed by atoms with Crippen LogP contribution in [0.15, 0.2) is 24.4 Å². The monoisotopic (exact) mass is 413 g/mol. The number of carbonyl (C=O) groups is 1. The minimum absolute atomic E-state index is 0.346. The molecule has 30 heavy (non-hydrogen) atoms. The van der Waals surface area contributed by atoms with E-state index in [4.69, 9.17) is 5.11 Å². The second-order valence-corrected chi connectivity index (χ2v) is 8.93. The van der Waals surface area contributed by atoms with Crippen molar-refractivity contribution in [3.8, 4) is 0 Å². The molecular weight excluding hydrogens is 370 g/mol. The number of rotatable bonds is 18. The third-order valence-corrected chi connectivity index (χ3v) is 6.31. The maximum absolute atomic E-state index is 11.1. The van der Waals surface area contributed by atoms with Crippen molar-refractivity contribution in [2.24, 2.45) is 0 Å². The Hall–Kier alpha value is -1.77. The number of hydrogen-bond acceptors (Lipinski definition) is 1. The highest BCUT2D eigenvalue weighted by molar-refractivity contribution is 5.94. The van der Waals surface area contributed by atoms with Gasteiger partial charge in [-0.3, -0.25) is 0 Å². The van der Waals surface area contributed by atoms with E-state index in [2.05, 4.69) is 11.9 Å². The van der Waals surface area contributed by atoms with Crippen LogP contribution in [0, 0.1) is 0 Å². The van der Waals surface area contributed by atoms with Gasteiger partial charge >= 0.3 is 5.97 Å². The summed E-state index contributed by atoms with van der Waals surface area (Å²) in [7, 11) is 0. The van der Waals surface area contributed by atoms with Crippen molar-refractivity contribution in [1.29, 1.82) is 0 Å². The number of H-pyrrole nitrogens is 1. The molecule has 0 radical (unpaired) electrons. The SMILES string of the molecule is CCCCCCCCCCCCCCCCCCc1c[nH]c2cc(C(=O)O)ccc12. The van der Waals surface area contributed by atoms with Crippen LogP contribution in [-0.2, 0) is 6.42 Å². The average molecular weight is 414 g/mol. The summed E-state index contributed by atoms with van der Waals surface area (Å²) < 4.78 is 0. The molecule has 2 rings (SSSR count). The summed E-state index contributed by atoms with van der Waals surface area (Å²) in [5, 5.41) is 10.3. The standard InChI is InChI=1S/C27H43NO2/c1-2-3-4-5-6-7-8-9-10-11-12-13-14-15-16-17-18-24-22-28-26-21-23(27(29)30)19-20-25(24)26/h19-22,28H,2-18H2,1H3,(H,29,30). The summed E-state index contributed by atoms with van der Waals surface area (Å²) in [4.78, 5) is 14.3. The Labute approximate surface area is 183 Å². The maximum Gasteiger partial charge on any atom is 0.335 e. The van der Waals surface area contributed by atoms with Gasteiger partial charge in [0.25, 0.3) is 0 Å². The average Bonchev–Trinajstić information content (AvgIpc) is 3.15. The van der Waals surface area contributed by atoms with Crippen LogP contribution in [0.3, 0.4) is 0 Å². The van der Waals surface area contributed by atoms with Crippen molar-refractivity contribution in [3.05, 3.63) is 35.5 Å². The molecule has 2 N–H and O–H groups in total. The number of aromatic carboxylic acids is 1. The van der Waals surface area contributed by atoms with Gasteiger partial charge in [0.05, 0.1) is 5.56 Å². The molecule has 0 saturated carbocycles. The highest BCUT2D eigenvalue weighted by Gasteiger charge is 2.07. The fraction of sp³-hybridized carbons (Fsp3) is 0.667. The molecule has 0 spiro atoms. The van der Waals surface area contributed by atoms with Crippen LogP contribution in [0.5, 0.6) is 0 Å². The lowest BCUT2D eigenvalue weighted by atomic mass is 10.0. The normalized spacial score (nSPS) is 11.4. The van der Waals surface area contributed by atoms with E-state index in [-0.39, 0.29) is 0 Å². The lowest BCUT2D eigenvalue weighted by Gasteiger charge is -2.04. The first-order valence-corrected chi connectivity index (χ1v) is 12.6. The number of fused-ring (bicyclic) bond motifs is 1. The molecule has 3 nitrogen and oxygen atoms in total. The van der Waals surface area contributed by atoms with E-state index in [1.54, 1.807) is 12.1 Å². The van der Waals surface area contributed by atoms with Crippen LogP contribution >= 0.6 is 0 Å². The summed E-state index contributed by atoms with van der Waals surface area (Å²) in [5.41, 5.74) is 2.59. The number of nitrogens with one attached hydrogen (secondary N) is 1.